The first-order valence-corrected chi connectivity index (χ1v) is 3.76. The van der Waals surface area contributed by atoms with E-state index in [0.717, 1.165) is 0 Å². The van der Waals surface area contributed by atoms with E-state index >= 15 is 0 Å². The largest absolute Gasteiger partial charge is 0.422 e. The summed E-state index contributed by atoms with van der Waals surface area (Å²) in [6, 6.07) is 1.54. The highest BCUT2D eigenvalue weighted by atomic mass is 16.2. The van der Waals surface area contributed by atoms with Crippen molar-refractivity contribution in [1.29, 1.82) is 0 Å². The lowest BCUT2D eigenvalue weighted by Gasteiger charge is -2.05. The molecular weight excluding hydrogens is 156 g/mol. The van der Waals surface area contributed by atoms with Crippen LogP contribution in [0.1, 0.15) is 19.9 Å². The minimum absolute atomic E-state index is 0.284. The van der Waals surface area contributed by atoms with Crippen LogP contribution in [0.25, 0.3) is 0 Å². The molecule has 66 valence electrons. The van der Waals surface area contributed by atoms with Gasteiger partial charge < -0.3 is 5.73 Å². The number of carbonyl (C=O) groups excluding carboxylic acids is 1. The zero-order valence-electron chi connectivity index (χ0n) is 7.19. The third-order valence-electron chi connectivity index (χ3n) is 1.47. The first-order valence-electron chi connectivity index (χ1n) is 3.76. The van der Waals surface area contributed by atoms with Crippen molar-refractivity contribution in [3.05, 3.63) is 18.5 Å². The van der Waals surface area contributed by atoms with Crippen molar-refractivity contribution in [2.24, 2.45) is 5.73 Å². The Balaban J connectivity index is 2.84. The minimum atomic E-state index is -0.569. The molecule has 1 aromatic rings. The second-order valence-electron chi connectivity index (χ2n) is 2.78. The van der Waals surface area contributed by atoms with E-state index in [1.54, 1.807) is 11.0 Å². The van der Waals surface area contributed by atoms with E-state index in [0.29, 0.717) is 0 Å². The van der Waals surface area contributed by atoms with Crippen LogP contribution >= 0.6 is 0 Å². The number of rotatable bonds is 2. The highest BCUT2D eigenvalue weighted by Gasteiger charge is 2.10. The molecule has 0 aliphatic carbocycles. The van der Waals surface area contributed by atoms with Crippen molar-refractivity contribution in [1.82, 2.24) is 4.79 Å². The number of hydrogen-bond donors (Lipinski definition) is 2. The standard InChI is InChI=1S/C7H12N4O/c1-6(2)10-4-3-5-11(10)9-7(8)12/h3-6H,1-2H3,(H2-,8,9,12)/p+1. The van der Waals surface area contributed by atoms with Gasteiger partial charge in [-0.25, -0.2) is 4.79 Å². The fourth-order valence-corrected chi connectivity index (χ4v) is 0.986. The van der Waals surface area contributed by atoms with Gasteiger partial charge >= 0.3 is 6.03 Å². The van der Waals surface area contributed by atoms with E-state index in [9.17, 15) is 4.79 Å². The molecule has 1 rings (SSSR count). The molecule has 0 spiro atoms. The Morgan fingerprint density at radius 2 is 2.33 bits per heavy atom. The highest BCUT2D eigenvalue weighted by molar-refractivity contribution is 5.79. The van der Waals surface area contributed by atoms with Gasteiger partial charge in [0.15, 0.2) is 0 Å². The van der Waals surface area contributed by atoms with Crippen molar-refractivity contribution >= 4 is 6.03 Å². The molecule has 0 atom stereocenters. The predicted molar refractivity (Wildman–Crippen MR) is 44.0 cm³/mol. The molecule has 0 aliphatic rings. The zero-order chi connectivity index (χ0) is 9.14. The average Bonchev–Trinajstić information content (AvgIpc) is 2.33. The number of carbonyl (C=O) groups is 1. The van der Waals surface area contributed by atoms with Crippen LogP contribution < -0.4 is 15.8 Å². The van der Waals surface area contributed by atoms with Gasteiger partial charge in [0.1, 0.15) is 12.2 Å². The molecule has 1 aromatic heterocycles. The summed E-state index contributed by atoms with van der Waals surface area (Å²) in [5.41, 5.74) is 7.42. The maximum atomic E-state index is 10.5. The van der Waals surface area contributed by atoms with E-state index in [2.05, 4.69) is 5.43 Å². The Kier molecular flexibility index (Phi) is 2.32. The number of nitrogens with two attached hydrogens (primary N) is 1. The molecule has 0 aliphatic heterocycles. The molecule has 0 saturated heterocycles. The van der Waals surface area contributed by atoms with E-state index in [1.165, 1.54) is 0 Å². The lowest BCUT2D eigenvalue weighted by molar-refractivity contribution is -0.787. The molecule has 2 amide bonds. The zero-order valence-corrected chi connectivity index (χ0v) is 7.19. The predicted octanol–water partition coefficient (Wildman–Crippen LogP) is -0.0213. The lowest BCUT2D eigenvalue weighted by Crippen LogP contribution is -2.50. The SMILES string of the molecule is CC(C)[n+]1cccn1NC(N)=O. The Morgan fingerprint density at radius 1 is 1.67 bits per heavy atom. The number of nitrogens with zero attached hydrogens (tertiary/aromatic N) is 2. The van der Waals surface area contributed by atoms with E-state index < -0.39 is 6.03 Å². The van der Waals surface area contributed by atoms with Gasteiger partial charge in [-0.3, -0.25) is 0 Å². The van der Waals surface area contributed by atoms with Crippen molar-refractivity contribution in [3.8, 4) is 0 Å². The summed E-state index contributed by atoms with van der Waals surface area (Å²) in [6.45, 7) is 4.03. The number of nitrogens with one attached hydrogen (secondary N) is 1. The second-order valence-corrected chi connectivity index (χ2v) is 2.78. The minimum Gasteiger partial charge on any atom is -0.330 e. The third kappa shape index (κ3) is 1.75. The number of primary amides is 1. The summed E-state index contributed by atoms with van der Waals surface area (Å²) in [6.07, 6.45) is 3.59. The normalized spacial score (nSPS) is 10.2. The van der Waals surface area contributed by atoms with Gasteiger partial charge in [0.25, 0.3) is 0 Å². The molecule has 0 radical (unpaired) electrons. The van der Waals surface area contributed by atoms with Crippen molar-refractivity contribution < 1.29 is 9.48 Å². The van der Waals surface area contributed by atoms with Gasteiger partial charge in [0.2, 0.25) is 0 Å². The topological polar surface area (TPSA) is 63.9 Å². The van der Waals surface area contributed by atoms with Crippen LogP contribution in [0, 0.1) is 0 Å². The van der Waals surface area contributed by atoms with Crippen LogP contribution in [0.2, 0.25) is 0 Å². The summed E-state index contributed by atoms with van der Waals surface area (Å²) in [5.74, 6) is 0. The molecule has 12 heavy (non-hydrogen) atoms. The van der Waals surface area contributed by atoms with Crippen LogP contribution in [-0.4, -0.2) is 10.8 Å². The number of amides is 2. The summed E-state index contributed by atoms with van der Waals surface area (Å²) in [5, 5.41) is 0. The van der Waals surface area contributed by atoms with Gasteiger partial charge in [-0.15, -0.1) is 5.43 Å². The van der Waals surface area contributed by atoms with Gasteiger partial charge in [-0.2, -0.15) is 4.68 Å². The van der Waals surface area contributed by atoms with Crippen molar-refractivity contribution in [3.63, 3.8) is 0 Å². The molecule has 1 heterocycles. The van der Waals surface area contributed by atoms with Gasteiger partial charge in [-0.05, 0) is 13.8 Å². The van der Waals surface area contributed by atoms with Crippen molar-refractivity contribution in [2.45, 2.75) is 19.9 Å². The van der Waals surface area contributed by atoms with Crippen LogP contribution in [0.3, 0.4) is 0 Å². The van der Waals surface area contributed by atoms with Crippen LogP contribution in [0.5, 0.6) is 0 Å². The van der Waals surface area contributed by atoms with Crippen LogP contribution in [-0.2, 0) is 0 Å². The molecule has 0 fully saturated rings. The number of urea groups is 1. The maximum Gasteiger partial charge on any atom is 0.422 e. The summed E-state index contributed by atoms with van der Waals surface area (Å²) >= 11 is 0. The summed E-state index contributed by atoms with van der Waals surface area (Å²) < 4.78 is 1.85. The monoisotopic (exact) mass is 169 g/mol. The smallest absolute Gasteiger partial charge is 0.330 e. The van der Waals surface area contributed by atoms with Crippen LogP contribution in [0.4, 0.5) is 4.79 Å². The molecule has 3 N–H and O–H groups in total. The Hall–Kier alpha value is -1.52. The van der Waals surface area contributed by atoms with Gasteiger partial charge in [0, 0.05) is 6.07 Å². The van der Waals surface area contributed by atoms with Crippen molar-refractivity contribution in [2.75, 3.05) is 5.43 Å². The molecule has 0 saturated carbocycles. The second kappa shape index (κ2) is 3.25. The molecule has 0 aromatic carbocycles. The molecule has 5 nitrogen and oxygen atoms in total. The van der Waals surface area contributed by atoms with E-state index in [1.807, 2.05) is 30.8 Å². The van der Waals surface area contributed by atoms with Crippen LogP contribution in [0.15, 0.2) is 18.5 Å². The first-order chi connectivity index (χ1) is 5.61. The van der Waals surface area contributed by atoms with Gasteiger partial charge in [-0.1, -0.05) is 4.79 Å². The Labute approximate surface area is 70.7 Å². The van der Waals surface area contributed by atoms with E-state index in [4.69, 9.17) is 5.73 Å². The molecule has 0 unspecified atom stereocenters. The summed E-state index contributed by atoms with van der Waals surface area (Å²) in [4.78, 5) is 12.1. The van der Waals surface area contributed by atoms with Gasteiger partial charge in [0.05, 0.1) is 6.20 Å². The molecular formula is C7H13N4O+. The fourth-order valence-electron chi connectivity index (χ4n) is 0.986. The Bertz CT molecular complexity index is 279. The third-order valence-corrected chi connectivity index (χ3v) is 1.47. The lowest BCUT2D eigenvalue weighted by atomic mass is 10.4. The highest BCUT2D eigenvalue weighted by Crippen LogP contribution is 1.89. The maximum absolute atomic E-state index is 10.5. The average molecular weight is 169 g/mol. The first kappa shape index (κ1) is 8.58. The number of hydrogen-bond acceptors (Lipinski definition) is 1. The molecule has 5 heteroatoms. The van der Waals surface area contributed by atoms with E-state index in [-0.39, 0.29) is 6.04 Å². The fraction of sp³-hybridized carbons (Fsp3) is 0.429. The quantitative estimate of drug-likeness (QED) is 0.600. The summed E-state index contributed by atoms with van der Waals surface area (Å²) in [7, 11) is 0. The molecule has 0 bridgehead atoms. The number of aromatic nitrogens is 2. The Morgan fingerprint density at radius 3 is 2.83 bits per heavy atom.